The summed E-state index contributed by atoms with van der Waals surface area (Å²) in [7, 11) is 0. The fourth-order valence-electron chi connectivity index (χ4n) is 4.89. The monoisotopic (exact) mass is 483 g/mol. The van der Waals surface area contributed by atoms with Crippen molar-refractivity contribution in [1.29, 1.82) is 0 Å². The summed E-state index contributed by atoms with van der Waals surface area (Å²) in [6, 6.07) is 23.8. The maximum atomic E-state index is 13.3. The lowest BCUT2D eigenvalue weighted by Crippen LogP contribution is -2.53. The molecule has 1 unspecified atom stereocenters. The Morgan fingerprint density at radius 1 is 0.889 bits per heavy atom. The first kappa shape index (κ1) is 24.0. The first-order chi connectivity index (χ1) is 17.6. The molecule has 7 nitrogen and oxygen atoms in total. The van der Waals surface area contributed by atoms with Crippen LogP contribution in [0.2, 0.25) is 0 Å². The zero-order valence-electron chi connectivity index (χ0n) is 20.8. The zero-order chi connectivity index (χ0) is 24.9. The molecule has 0 bridgehead atoms. The van der Waals surface area contributed by atoms with Crippen LogP contribution in [0, 0.1) is 5.92 Å². The van der Waals surface area contributed by atoms with Gasteiger partial charge in [-0.05, 0) is 37.5 Å². The highest BCUT2D eigenvalue weighted by Crippen LogP contribution is 2.32. The van der Waals surface area contributed by atoms with Crippen molar-refractivity contribution in [2.45, 2.75) is 32.2 Å². The van der Waals surface area contributed by atoms with Crippen molar-refractivity contribution in [3.63, 3.8) is 0 Å². The van der Waals surface area contributed by atoms with Crippen LogP contribution < -0.4 is 4.90 Å². The second kappa shape index (κ2) is 10.9. The molecule has 1 aliphatic carbocycles. The van der Waals surface area contributed by atoms with E-state index in [1.54, 1.807) is 4.90 Å². The standard InChI is InChI=1S/C29H33N5O2/c1-22(23-9-4-2-5-10-23)34(29(36)25-13-8-14-25)21-28(35)33-19-17-32(18-20-33)27-16-15-26(30-31-27)24-11-6-3-7-12-24/h2-7,9-12,15-16,22,25H,8,13-14,17-21H2,1H3. The van der Waals surface area contributed by atoms with Crippen LogP contribution in [0.4, 0.5) is 5.82 Å². The lowest BCUT2D eigenvalue weighted by molar-refractivity contribution is -0.147. The number of anilines is 1. The van der Waals surface area contributed by atoms with Crippen molar-refractivity contribution < 1.29 is 9.59 Å². The zero-order valence-corrected chi connectivity index (χ0v) is 20.8. The molecule has 0 spiro atoms. The van der Waals surface area contributed by atoms with Crippen LogP contribution in [-0.2, 0) is 9.59 Å². The van der Waals surface area contributed by atoms with E-state index < -0.39 is 0 Å². The highest BCUT2D eigenvalue weighted by atomic mass is 16.2. The second-order valence-corrected chi connectivity index (χ2v) is 9.69. The van der Waals surface area contributed by atoms with E-state index in [0.29, 0.717) is 26.2 Å². The summed E-state index contributed by atoms with van der Waals surface area (Å²) in [6.07, 6.45) is 2.94. The van der Waals surface area contributed by atoms with Gasteiger partial charge in [0.2, 0.25) is 11.8 Å². The maximum Gasteiger partial charge on any atom is 0.242 e. The molecule has 2 amide bonds. The van der Waals surface area contributed by atoms with Gasteiger partial charge in [-0.15, -0.1) is 10.2 Å². The number of nitrogens with zero attached hydrogens (tertiary/aromatic N) is 5. The van der Waals surface area contributed by atoms with Crippen LogP contribution in [0.1, 0.15) is 37.8 Å². The van der Waals surface area contributed by atoms with E-state index in [2.05, 4.69) is 15.1 Å². The Kier molecular flexibility index (Phi) is 7.26. The molecule has 7 heteroatoms. The van der Waals surface area contributed by atoms with Crippen molar-refractivity contribution in [2.24, 2.45) is 5.92 Å². The average molecular weight is 484 g/mol. The van der Waals surface area contributed by atoms with Crippen LogP contribution >= 0.6 is 0 Å². The SMILES string of the molecule is CC(c1ccccc1)N(CC(=O)N1CCN(c2ccc(-c3ccccc3)nn2)CC1)C(=O)C1CCC1. The number of piperazine rings is 1. The van der Waals surface area contributed by atoms with Crippen LogP contribution in [0.25, 0.3) is 11.3 Å². The Morgan fingerprint density at radius 2 is 1.56 bits per heavy atom. The van der Waals surface area contributed by atoms with Crippen LogP contribution in [0.15, 0.2) is 72.8 Å². The number of aromatic nitrogens is 2. The Balaban J connectivity index is 1.20. The molecule has 2 heterocycles. The first-order valence-corrected chi connectivity index (χ1v) is 12.9. The average Bonchev–Trinajstić information content (AvgIpc) is 2.91. The molecule has 0 radical (unpaired) electrons. The molecule has 186 valence electrons. The molecule has 2 aromatic carbocycles. The van der Waals surface area contributed by atoms with E-state index >= 15 is 0 Å². The van der Waals surface area contributed by atoms with E-state index in [0.717, 1.165) is 41.9 Å². The summed E-state index contributed by atoms with van der Waals surface area (Å²) in [4.78, 5) is 32.4. The van der Waals surface area contributed by atoms with Gasteiger partial charge in [-0.2, -0.15) is 0 Å². The minimum Gasteiger partial charge on any atom is -0.352 e. The third kappa shape index (κ3) is 5.25. The van der Waals surface area contributed by atoms with Gasteiger partial charge in [-0.25, -0.2) is 0 Å². The summed E-state index contributed by atoms with van der Waals surface area (Å²) < 4.78 is 0. The van der Waals surface area contributed by atoms with Gasteiger partial charge in [0.05, 0.1) is 11.7 Å². The van der Waals surface area contributed by atoms with Crippen molar-refractivity contribution in [1.82, 2.24) is 20.0 Å². The third-order valence-corrected chi connectivity index (χ3v) is 7.47. The Bertz CT molecular complexity index is 1160. The van der Waals surface area contributed by atoms with Crippen molar-refractivity contribution in [2.75, 3.05) is 37.6 Å². The molecule has 1 saturated heterocycles. The molecule has 0 N–H and O–H groups in total. The van der Waals surface area contributed by atoms with Gasteiger partial charge in [0.25, 0.3) is 0 Å². The van der Waals surface area contributed by atoms with E-state index in [1.165, 1.54) is 0 Å². The fraction of sp³-hybridized carbons (Fsp3) is 0.379. The van der Waals surface area contributed by atoms with Crippen molar-refractivity contribution in [3.05, 3.63) is 78.4 Å². The normalized spacial score (nSPS) is 16.8. The highest BCUT2D eigenvalue weighted by Gasteiger charge is 2.34. The number of benzene rings is 2. The van der Waals surface area contributed by atoms with Gasteiger partial charge in [-0.3, -0.25) is 9.59 Å². The molecule has 1 aromatic heterocycles. The number of amides is 2. The Labute approximate surface area is 212 Å². The second-order valence-electron chi connectivity index (χ2n) is 9.69. The van der Waals surface area contributed by atoms with Crippen LogP contribution in [0.5, 0.6) is 0 Å². The minimum absolute atomic E-state index is 0.00983. The third-order valence-electron chi connectivity index (χ3n) is 7.47. The van der Waals surface area contributed by atoms with Gasteiger partial charge in [0.1, 0.15) is 6.54 Å². The van der Waals surface area contributed by atoms with E-state index in [9.17, 15) is 9.59 Å². The summed E-state index contributed by atoms with van der Waals surface area (Å²) in [5.74, 6) is 0.994. The Morgan fingerprint density at radius 3 is 2.14 bits per heavy atom. The molecule has 2 aliphatic rings. The largest absolute Gasteiger partial charge is 0.352 e. The number of hydrogen-bond donors (Lipinski definition) is 0. The molecule has 5 rings (SSSR count). The molecular formula is C29H33N5O2. The van der Waals surface area contributed by atoms with Gasteiger partial charge < -0.3 is 14.7 Å². The predicted molar refractivity (Wildman–Crippen MR) is 140 cm³/mol. The van der Waals surface area contributed by atoms with Gasteiger partial charge in [-0.1, -0.05) is 67.1 Å². The quantitative estimate of drug-likeness (QED) is 0.504. The highest BCUT2D eigenvalue weighted by molar-refractivity contribution is 5.87. The van der Waals surface area contributed by atoms with Crippen LogP contribution in [0.3, 0.4) is 0 Å². The van der Waals surface area contributed by atoms with Gasteiger partial charge in [0, 0.05) is 37.7 Å². The molecule has 2 fully saturated rings. The molecule has 36 heavy (non-hydrogen) atoms. The summed E-state index contributed by atoms with van der Waals surface area (Å²) in [6.45, 7) is 4.73. The van der Waals surface area contributed by atoms with E-state index in [1.807, 2.05) is 84.6 Å². The minimum atomic E-state index is -0.136. The fourth-order valence-corrected chi connectivity index (χ4v) is 4.89. The number of carbonyl (C=O) groups excluding carboxylic acids is 2. The molecule has 3 aromatic rings. The molecular weight excluding hydrogens is 450 g/mol. The lowest BCUT2D eigenvalue weighted by Gasteiger charge is -2.39. The van der Waals surface area contributed by atoms with Crippen molar-refractivity contribution >= 4 is 17.6 Å². The smallest absolute Gasteiger partial charge is 0.242 e. The molecule has 1 aliphatic heterocycles. The van der Waals surface area contributed by atoms with Crippen molar-refractivity contribution in [3.8, 4) is 11.3 Å². The van der Waals surface area contributed by atoms with E-state index in [4.69, 9.17) is 0 Å². The number of rotatable bonds is 7. The molecule has 1 saturated carbocycles. The number of carbonyl (C=O) groups is 2. The molecule has 1 atom stereocenters. The maximum absolute atomic E-state index is 13.3. The first-order valence-electron chi connectivity index (χ1n) is 12.9. The Hall–Kier alpha value is -3.74. The van der Waals surface area contributed by atoms with Gasteiger partial charge in [0.15, 0.2) is 5.82 Å². The topological polar surface area (TPSA) is 69.6 Å². The van der Waals surface area contributed by atoms with Crippen LogP contribution in [-0.4, -0.2) is 64.5 Å². The summed E-state index contributed by atoms with van der Waals surface area (Å²) in [5.41, 5.74) is 2.94. The van der Waals surface area contributed by atoms with Gasteiger partial charge >= 0.3 is 0 Å². The summed E-state index contributed by atoms with van der Waals surface area (Å²) in [5, 5.41) is 8.83. The lowest BCUT2D eigenvalue weighted by atomic mass is 9.84. The van der Waals surface area contributed by atoms with E-state index in [-0.39, 0.29) is 30.3 Å². The predicted octanol–water partition coefficient (Wildman–Crippen LogP) is 4.18. The number of hydrogen-bond acceptors (Lipinski definition) is 5. The summed E-state index contributed by atoms with van der Waals surface area (Å²) >= 11 is 0.